The van der Waals surface area contributed by atoms with Gasteiger partial charge in [-0.1, -0.05) is 29.8 Å². The Hall–Kier alpha value is -2.58. The number of anilines is 1. The van der Waals surface area contributed by atoms with Crippen molar-refractivity contribution in [2.75, 3.05) is 10.7 Å². The lowest BCUT2D eigenvalue weighted by Crippen LogP contribution is -2.15. The Bertz CT molecular complexity index is 1300. The van der Waals surface area contributed by atoms with Crippen LogP contribution in [-0.4, -0.2) is 27.0 Å². The van der Waals surface area contributed by atoms with Crippen LogP contribution in [0.1, 0.15) is 27.8 Å². The number of rotatable bonds is 4. The average Bonchev–Trinajstić information content (AvgIpc) is 3.19. The first-order chi connectivity index (χ1) is 15.3. The van der Waals surface area contributed by atoms with Crippen LogP contribution < -0.4 is 5.32 Å². The van der Waals surface area contributed by atoms with Crippen molar-refractivity contribution in [2.24, 2.45) is 0 Å². The number of hydrogen-bond acceptors (Lipinski definition) is 5. The zero-order valence-corrected chi connectivity index (χ0v) is 19.6. The van der Waals surface area contributed by atoms with Crippen molar-refractivity contribution < 1.29 is 14.0 Å². The molecule has 0 aliphatic carbocycles. The molecular weight excluding hydrogens is 496 g/mol. The third-order valence-corrected chi connectivity index (χ3v) is 5.48. The van der Waals surface area contributed by atoms with Gasteiger partial charge in [0.2, 0.25) is 0 Å². The average molecular weight is 511 g/mol. The molecule has 2 aromatic heterocycles. The number of ketones is 1. The third kappa shape index (κ3) is 5.42. The highest BCUT2D eigenvalue weighted by Gasteiger charge is 2.21. The summed E-state index contributed by atoms with van der Waals surface area (Å²) in [6.07, 6.45) is 1.38. The van der Waals surface area contributed by atoms with Crippen molar-refractivity contribution in [2.45, 2.75) is 6.92 Å². The number of amides is 1. The number of nitrogens with zero attached hydrogens (tertiary/aromatic N) is 2. The molecule has 0 saturated heterocycles. The Kier molecular flexibility index (Phi) is 8.15. The zero-order chi connectivity index (χ0) is 23.3. The van der Waals surface area contributed by atoms with Crippen LogP contribution in [0.5, 0.6) is 0 Å². The topological polar surface area (TPSA) is 72.0 Å². The van der Waals surface area contributed by atoms with Gasteiger partial charge >= 0.3 is 0 Å². The van der Waals surface area contributed by atoms with Crippen LogP contribution in [0.15, 0.2) is 54.0 Å². The van der Waals surface area contributed by atoms with E-state index in [9.17, 15) is 14.0 Å². The number of thiophene rings is 1. The first kappa shape index (κ1) is 24.1. The molecule has 0 aliphatic heterocycles. The summed E-state index contributed by atoms with van der Waals surface area (Å²) in [6, 6.07) is 11.5. The quantitative estimate of drug-likeness (QED) is 0.236. The maximum atomic E-state index is 13.9. The first-order valence-corrected chi connectivity index (χ1v) is 11.4. The molecule has 1 N–H and O–H groups in total. The molecule has 2 aromatic carbocycles. The predicted molar refractivity (Wildman–Crippen MR) is 129 cm³/mol. The van der Waals surface area contributed by atoms with Gasteiger partial charge in [0.1, 0.15) is 16.5 Å². The van der Waals surface area contributed by atoms with E-state index in [1.807, 2.05) is 12.1 Å². The minimum atomic E-state index is -0.582. The van der Waals surface area contributed by atoms with Crippen molar-refractivity contribution in [3.63, 3.8) is 0 Å². The van der Waals surface area contributed by atoms with E-state index in [2.05, 4.69) is 15.3 Å². The first-order valence-electron chi connectivity index (χ1n) is 9.08. The van der Waals surface area contributed by atoms with E-state index in [0.29, 0.717) is 32.7 Å². The summed E-state index contributed by atoms with van der Waals surface area (Å²) in [5, 5.41) is 4.98. The second kappa shape index (κ2) is 10.8. The van der Waals surface area contributed by atoms with Gasteiger partial charge in [0, 0.05) is 10.9 Å². The Labute approximate surface area is 202 Å². The molecule has 0 atom stereocenters. The number of benzene rings is 2. The van der Waals surface area contributed by atoms with Crippen LogP contribution in [0, 0.1) is 5.82 Å². The standard InChI is InChI=1S/C21H13ClFN3O2S.CH2Cl2/c1-11(27)19-13(12-6-7-14(22)15(23)8-12)10-29-21(19)26-20(28)18-9-24-16-4-2-3-5-17(16)25-18;2-1-3/h2-10H,1H3,(H,26,28);1H2. The lowest BCUT2D eigenvalue weighted by atomic mass is 10.0. The fourth-order valence-electron chi connectivity index (χ4n) is 2.91. The fourth-order valence-corrected chi connectivity index (χ4v) is 4.04. The van der Waals surface area contributed by atoms with Gasteiger partial charge in [0.15, 0.2) is 5.78 Å². The Balaban J connectivity index is 0.000000913. The van der Waals surface area contributed by atoms with E-state index in [0.717, 1.165) is 0 Å². The number of alkyl halides is 2. The maximum Gasteiger partial charge on any atom is 0.276 e. The van der Waals surface area contributed by atoms with E-state index >= 15 is 0 Å². The number of halogens is 4. The molecule has 0 aliphatic rings. The number of para-hydroxylation sites is 2. The summed E-state index contributed by atoms with van der Waals surface area (Å²) in [6.45, 7) is 1.39. The summed E-state index contributed by atoms with van der Waals surface area (Å²) in [5.74, 6) is -1.32. The third-order valence-electron chi connectivity index (χ3n) is 4.28. The van der Waals surface area contributed by atoms with Crippen molar-refractivity contribution in [3.05, 3.63) is 76.1 Å². The number of Topliss-reactive ketones (excluding diaryl/α,β-unsaturated/α-hetero) is 1. The number of carbonyl (C=O) groups excluding carboxylic acids is 2. The summed E-state index contributed by atoms with van der Waals surface area (Å²) >= 11 is 16.5. The number of nitrogens with one attached hydrogen (secondary N) is 1. The number of fused-ring (bicyclic) bond motifs is 1. The molecule has 0 fully saturated rings. The molecule has 10 heteroatoms. The van der Waals surface area contributed by atoms with Crippen LogP contribution in [0.3, 0.4) is 0 Å². The molecule has 2 heterocycles. The second-order valence-corrected chi connectivity index (χ2v) is 8.43. The smallest absolute Gasteiger partial charge is 0.276 e. The fraction of sp³-hybridized carbons (Fsp3) is 0.0909. The molecule has 0 saturated carbocycles. The van der Waals surface area contributed by atoms with Crippen LogP contribution in [0.2, 0.25) is 5.02 Å². The highest BCUT2D eigenvalue weighted by Crippen LogP contribution is 2.37. The predicted octanol–water partition coefficient (Wildman–Crippen LogP) is 7.03. The van der Waals surface area contributed by atoms with Gasteiger partial charge in [0.05, 0.1) is 33.2 Å². The van der Waals surface area contributed by atoms with Crippen molar-refractivity contribution in [3.8, 4) is 11.1 Å². The Morgan fingerprint density at radius 2 is 1.81 bits per heavy atom. The van der Waals surface area contributed by atoms with E-state index in [-0.39, 0.29) is 21.8 Å². The molecule has 1 amide bonds. The molecule has 4 aromatic rings. The van der Waals surface area contributed by atoms with E-state index < -0.39 is 11.7 Å². The van der Waals surface area contributed by atoms with E-state index in [1.165, 1.54) is 36.6 Å². The molecule has 32 heavy (non-hydrogen) atoms. The highest BCUT2D eigenvalue weighted by atomic mass is 35.5. The lowest BCUT2D eigenvalue weighted by molar-refractivity contribution is 0.101. The highest BCUT2D eigenvalue weighted by molar-refractivity contribution is 7.15. The zero-order valence-electron chi connectivity index (χ0n) is 16.5. The van der Waals surface area contributed by atoms with Crippen LogP contribution in [0.4, 0.5) is 9.39 Å². The van der Waals surface area contributed by atoms with Gasteiger partial charge in [-0.2, -0.15) is 0 Å². The van der Waals surface area contributed by atoms with Crippen molar-refractivity contribution in [1.82, 2.24) is 9.97 Å². The largest absolute Gasteiger partial charge is 0.312 e. The number of carbonyl (C=O) groups is 2. The van der Waals surface area contributed by atoms with Gasteiger partial charge in [-0.25, -0.2) is 9.37 Å². The number of aromatic nitrogens is 2. The Morgan fingerprint density at radius 3 is 2.47 bits per heavy atom. The van der Waals surface area contributed by atoms with Gasteiger partial charge < -0.3 is 5.32 Å². The van der Waals surface area contributed by atoms with Crippen LogP contribution in [0.25, 0.3) is 22.2 Å². The summed E-state index contributed by atoms with van der Waals surface area (Å²) < 4.78 is 13.9. The van der Waals surface area contributed by atoms with E-state index in [4.69, 9.17) is 34.8 Å². The van der Waals surface area contributed by atoms with Gasteiger partial charge in [0.25, 0.3) is 5.91 Å². The molecule has 0 radical (unpaired) electrons. The minimum absolute atomic E-state index is 0.00300. The Morgan fingerprint density at radius 1 is 1.12 bits per heavy atom. The second-order valence-electron chi connectivity index (χ2n) is 6.34. The van der Waals surface area contributed by atoms with Crippen LogP contribution >= 0.6 is 46.1 Å². The normalized spacial score (nSPS) is 10.4. The lowest BCUT2D eigenvalue weighted by Gasteiger charge is -2.07. The minimum Gasteiger partial charge on any atom is -0.312 e. The van der Waals surface area contributed by atoms with Crippen LogP contribution in [-0.2, 0) is 0 Å². The summed E-state index contributed by atoms with van der Waals surface area (Å²) in [4.78, 5) is 33.5. The molecular formula is C22H15Cl3FN3O2S. The molecule has 164 valence electrons. The molecule has 0 spiro atoms. The molecule has 5 nitrogen and oxygen atoms in total. The van der Waals surface area contributed by atoms with Crippen molar-refractivity contribution >= 4 is 73.9 Å². The van der Waals surface area contributed by atoms with Crippen molar-refractivity contribution in [1.29, 1.82) is 0 Å². The molecule has 0 bridgehead atoms. The molecule has 4 rings (SSSR count). The summed E-state index contributed by atoms with van der Waals surface area (Å²) in [7, 11) is 0. The number of hydrogen-bond donors (Lipinski definition) is 1. The monoisotopic (exact) mass is 509 g/mol. The van der Waals surface area contributed by atoms with E-state index in [1.54, 1.807) is 23.6 Å². The van der Waals surface area contributed by atoms with Gasteiger partial charge in [-0.05, 0) is 36.8 Å². The summed E-state index contributed by atoms with van der Waals surface area (Å²) in [5.41, 5.74) is 2.73. The maximum absolute atomic E-state index is 13.9. The van der Waals surface area contributed by atoms with Gasteiger partial charge in [-0.3, -0.25) is 14.6 Å². The SMILES string of the molecule is CC(=O)c1c(-c2ccc(Cl)c(F)c2)csc1NC(=O)c1cnc2ccccc2n1.ClCCl. The van der Waals surface area contributed by atoms with Gasteiger partial charge in [-0.15, -0.1) is 34.5 Å². The molecule has 0 unspecified atom stereocenters.